The number of benzene rings is 2. The Hall–Kier alpha value is -2.88. The number of rotatable bonds is 6. The lowest BCUT2D eigenvalue weighted by molar-refractivity contribution is -0.129. The highest BCUT2D eigenvalue weighted by Gasteiger charge is 2.45. The summed E-state index contributed by atoms with van der Waals surface area (Å²) in [6.07, 6.45) is 7.54. The van der Waals surface area contributed by atoms with Crippen LogP contribution in [0.5, 0.6) is 0 Å². The Kier molecular flexibility index (Phi) is 4.57. The van der Waals surface area contributed by atoms with Crippen molar-refractivity contribution >= 4 is 5.91 Å². The zero-order chi connectivity index (χ0) is 17.8. The first-order valence-corrected chi connectivity index (χ1v) is 9.21. The summed E-state index contributed by atoms with van der Waals surface area (Å²) in [5.74, 6) is 0.170. The van der Waals surface area contributed by atoms with Crippen molar-refractivity contribution in [1.82, 2.24) is 15.1 Å². The second-order valence-electron chi connectivity index (χ2n) is 6.92. The smallest absolute Gasteiger partial charge is 0.230 e. The highest BCUT2D eigenvalue weighted by molar-refractivity contribution is 5.89. The van der Waals surface area contributed by atoms with Crippen LogP contribution in [0.25, 0.3) is 5.69 Å². The zero-order valence-electron chi connectivity index (χ0n) is 14.8. The molecule has 0 spiro atoms. The number of hydrogen-bond donors (Lipinski definition) is 1. The Balaban J connectivity index is 1.35. The lowest BCUT2D eigenvalue weighted by Gasteiger charge is -2.40. The van der Waals surface area contributed by atoms with Gasteiger partial charge in [-0.2, -0.15) is 5.10 Å². The van der Waals surface area contributed by atoms with Gasteiger partial charge in [-0.25, -0.2) is 4.68 Å². The molecule has 1 aliphatic carbocycles. The van der Waals surface area contributed by atoms with E-state index in [0.29, 0.717) is 6.54 Å². The van der Waals surface area contributed by atoms with Crippen molar-refractivity contribution in [3.8, 4) is 5.69 Å². The van der Waals surface area contributed by atoms with Crippen molar-refractivity contribution in [2.24, 2.45) is 0 Å². The van der Waals surface area contributed by atoms with Gasteiger partial charge in [0.05, 0.1) is 11.1 Å². The molecule has 3 aromatic rings. The van der Waals surface area contributed by atoms with Crippen molar-refractivity contribution < 1.29 is 4.79 Å². The van der Waals surface area contributed by atoms with Gasteiger partial charge in [0.2, 0.25) is 5.91 Å². The van der Waals surface area contributed by atoms with Crippen LogP contribution in [-0.2, 0) is 16.6 Å². The van der Waals surface area contributed by atoms with E-state index in [9.17, 15) is 4.79 Å². The van der Waals surface area contributed by atoms with E-state index in [1.54, 1.807) is 6.20 Å². The van der Waals surface area contributed by atoms with Gasteiger partial charge in [-0.15, -0.1) is 0 Å². The van der Waals surface area contributed by atoms with Crippen molar-refractivity contribution in [1.29, 1.82) is 0 Å². The Labute approximate surface area is 153 Å². The van der Waals surface area contributed by atoms with Crippen LogP contribution >= 0.6 is 0 Å². The van der Waals surface area contributed by atoms with E-state index in [-0.39, 0.29) is 11.3 Å². The zero-order valence-corrected chi connectivity index (χ0v) is 14.8. The van der Waals surface area contributed by atoms with Gasteiger partial charge in [-0.1, -0.05) is 48.9 Å². The molecule has 1 amide bonds. The molecular formula is C22H23N3O. The van der Waals surface area contributed by atoms with E-state index in [2.05, 4.69) is 46.8 Å². The third-order valence-corrected chi connectivity index (χ3v) is 5.37. The van der Waals surface area contributed by atoms with Gasteiger partial charge in [0, 0.05) is 18.9 Å². The summed E-state index contributed by atoms with van der Waals surface area (Å²) in [5, 5.41) is 7.39. The molecule has 0 saturated heterocycles. The predicted molar refractivity (Wildman–Crippen MR) is 102 cm³/mol. The molecule has 1 aliphatic rings. The van der Waals surface area contributed by atoms with Crippen LogP contribution in [0.4, 0.5) is 0 Å². The van der Waals surface area contributed by atoms with Crippen LogP contribution in [0, 0.1) is 0 Å². The normalized spacial score (nSPS) is 15.2. The third-order valence-electron chi connectivity index (χ3n) is 5.37. The average molecular weight is 345 g/mol. The minimum absolute atomic E-state index is 0.170. The lowest BCUT2D eigenvalue weighted by Crippen LogP contribution is -2.49. The summed E-state index contributed by atoms with van der Waals surface area (Å²) in [6, 6.07) is 20.4. The molecule has 1 aromatic heterocycles. The Morgan fingerprint density at radius 1 is 1.04 bits per heavy atom. The largest absolute Gasteiger partial charge is 0.355 e. The molecule has 2 aromatic carbocycles. The topological polar surface area (TPSA) is 46.9 Å². The van der Waals surface area contributed by atoms with Gasteiger partial charge in [-0.05, 0) is 48.6 Å². The molecule has 4 heteroatoms. The van der Waals surface area contributed by atoms with Gasteiger partial charge in [0.25, 0.3) is 0 Å². The highest BCUT2D eigenvalue weighted by Crippen LogP contribution is 2.43. The van der Waals surface area contributed by atoms with Crippen LogP contribution in [0.2, 0.25) is 0 Å². The molecule has 26 heavy (non-hydrogen) atoms. The summed E-state index contributed by atoms with van der Waals surface area (Å²) >= 11 is 0. The summed E-state index contributed by atoms with van der Waals surface area (Å²) < 4.78 is 1.84. The second kappa shape index (κ2) is 7.16. The number of carbonyl (C=O) groups excluding carboxylic acids is 1. The van der Waals surface area contributed by atoms with Gasteiger partial charge < -0.3 is 5.32 Å². The van der Waals surface area contributed by atoms with Crippen molar-refractivity contribution in [2.75, 3.05) is 6.54 Å². The first-order valence-electron chi connectivity index (χ1n) is 9.21. The molecule has 4 rings (SSSR count). The second-order valence-corrected chi connectivity index (χ2v) is 6.92. The predicted octanol–water partition coefficient (Wildman–Crippen LogP) is 3.65. The number of hydrogen-bond acceptors (Lipinski definition) is 2. The van der Waals surface area contributed by atoms with Gasteiger partial charge in [0.15, 0.2) is 0 Å². The van der Waals surface area contributed by atoms with Crippen LogP contribution in [0.3, 0.4) is 0 Å². The standard InChI is InChI=1S/C22H23N3O/c26-21(22(13-4-14-22)19-6-2-1-3-7-19)23-16-12-18-8-10-20(11-9-18)25-17-5-15-24-25/h1-3,5-11,15,17H,4,12-14,16H2,(H,23,26). The fourth-order valence-corrected chi connectivity index (χ4v) is 3.66. The molecule has 0 bridgehead atoms. The SMILES string of the molecule is O=C(NCCc1ccc(-n2cccn2)cc1)C1(c2ccccc2)CCC1. The van der Waals surface area contributed by atoms with Crippen LogP contribution in [0.1, 0.15) is 30.4 Å². The van der Waals surface area contributed by atoms with Crippen LogP contribution < -0.4 is 5.32 Å². The maximum atomic E-state index is 12.8. The molecule has 1 heterocycles. The van der Waals surface area contributed by atoms with Gasteiger partial charge in [0.1, 0.15) is 0 Å². The van der Waals surface area contributed by atoms with E-state index < -0.39 is 0 Å². The maximum Gasteiger partial charge on any atom is 0.230 e. The monoisotopic (exact) mass is 345 g/mol. The van der Waals surface area contributed by atoms with E-state index in [1.807, 2.05) is 35.1 Å². The maximum absolute atomic E-state index is 12.8. The van der Waals surface area contributed by atoms with Crippen molar-refractivity contribution in [2.45, 2.75) is 31.1 Å². The molecule has 0 unspecified atom stereocenters. The number of nitrogens with zero attached hydrogens (tertiary/aromatic N) is 2. The van der Waals surface area contributed by atoms with E-state index >= 15 is 0 Å². The first-order chi connectivity index (χ1) is 12.8. The number of nitrogens with one attached hydrogen (secondary N) is 1. The summed E-state index contributed by atoms with van der Waals surface area (Å²) in [7, 11) is 0. The Morgan fingerprint density at radius 3 is 2.42 bits per heavy atom. The molecule has 0 aliphatic heterocycles. The summed E-state index contributed by atoms with van der Waals surface area (Å²) in [6.45, 7) is 0.661. The van der Waals surface area contributed by atoms with E-state index in [1.165, 1.54) is 5.56 Å². The number of amides is 1. The summed E-state index contributed by atoms with van der Waals surface area (Å²) in [5.41, 5.74) is 3.08. The van der Waals surface area contributed by atoms with Gasteiger partial charge in [-0.3, -0.25) is 4.79 Å². The molecule has 0 radical (unpaired) electrons. The fourth-order valence-electron chi connectivity index (χ4n) is 3.66. The summed E-state index contributed by atoms with van der Waals surface area (Å²) in [4.78, 5) is 12.8. The third kappa shape index (κ3) is 3.15. The lowest BCUT2D eigenvalue weighted by atomic mass is 9.64. The highest BCUT2D eigenvalue weighted by atomic mass is 16.2. The van der Waals surface area contributed by atoms with Crippen molar-refractivity contribution in [3.05, 3.63) is 84.2 Å². The molecule has 1 N–H and O–H groups in total. The molecule has 1 fully saturated rings. The minimum atomic E-state index is -0.314. The Morgan fingerprint density at radius 2 is 1.81 bits per heavy atom. The van der Waals surface area contributed by atoms with E-state index in [4.69, 9.17) is 0 Å². The molecule has 1 saturated carbocycles. The first kappa shape index (κ1) is 16.6. The molecule has 132 valence electrons. The van der Waals surface area contributed by atoms with Crippen molar-refractivity contribution in [3.63, 3.8) is 0 Å². The minimum Gasteiger partial charge on any atom is -0.355 e. The van der Waals surface area contributed by atoms with Crippen LogP contribution in [-0.4, -0.2) is 22.2 Å². The molecular weight excluding hydrogens is 322 g/mol. The quantitative estimate of drug-likeness (QED) is 0.741. The fraction of sp³-hybridized carbons (Fsp3) is 0.273. The number of carbonyl (C=O) groups is 1. The Bertz CT molecular complexity index is 850. The average Bonchev–Trinajstić information content (AvgIpc) is 3.17. The molecule has 4 nitrogen and oxygen atoms in total. The van der Waals surface area contributed by atoms with Gasteiger partial charge >= 0.3 is 0 Å². The van der Waals surface area contributed by atoms with E-state index in [0.717, 1.165) is 36.9 Å². The number of aromatic nitrogens is 2. The van der Waals surface area contributed by atoms with Crippen LogP contribution in [0.15, 0.2) is 73.1 Å². The molecule has 0 atom stereocenters.